The van der Waals surface area contributed by atoms with E-state index in [4.69, 9.17) is 4.74 Å². The molecular weight excluding hydrogens is 342 g/mol. The summed E-state index contributed by atoms with van der Waals surface area (Å²) in [5, 5.41) is 6.54. The van der Waals surface area contributed by atoms with E-state index < -0.39 is 6.61 Å². The predicted octanol–water partition coefficient (Wildman–Crippen LogP) is 2.73. The number of methoxy groups -OCH3 is 1. The molecule has 0 saturated carbocycles. The molecule has 2 saturated heterocycles. The molecule has 0 spiro atoms. The van der Waals surface area contributed by atoms with Gasteiger partial charge in [-0.1, -0.05) is 0 Å². The summed E-state index contributed by atoms with van der Waals surface area (Å²) in [6.07, 6.45) is 4.16. The number of amides is 1. The number of rotatable bonds is 5. The van der Waals surface area contributed by atoms with E-state index in [1.165, 1.54) is 25.3 Å². The summed E-state index contributed by atoms with van der Waals surface area (Å²) in [6, 6.07) is 5.31. The lowest BCUT2D eigenvalue weighted by Crippen LogP contribution is -2.48. The zero-order chi connectivity index (χ0) is 16.4. The highest BCUT2D eigenvalue weighted by Crippen LogP contribution is 2.30. The number of alkyl halides is 2. The van der Waals surface area contributed by atoms with Gasteiger partial charge in [-0.2, -0.15) is 8.78 Å². The van der Waals surface area contributed by atoms with Gasteiger partial charge in [0.15, 0.2) is 11.5 Å². The molecule has 1 amide bonds. The molecule has 1 aromatic rings. The van der Waals surface area contributed by atoms with Gasteiger partial charge in [0.25, 0.3) is 5.91 Å². The topological polar surface area (TPSA) is 59.6 Å². The minimum atomic E-state index is -2.94. The predicted molar refractivity (Wildman–Crippen MR) is 87.3 cm³/mol. The van der Waals surface area contributed by atoms with E-state index in [1.54, 1.807) is 0 Å². The molecule has 2 aliphatic rings. The van der Waals surface area contributed by atoms with E-state index in [9.17, 15) is 13.6 Å². The summed E-state index contributed by atoms with van der Waals surface area (Å²) in [5.74, 6) is -0.194. The number of hydrogen-bond acceptors (Lipinski definition) is 4. The standard InChI is InChI=1S/C16H20F2N2O3.ClH/c1-22-14-6-9(2-5-13(14)23-16(17)18)15(21)20-12-7-10-3-4-11(8-12)19-10;/h2,5-6,10-12,16,19H,3-4,7-8H2,1H3,(H,20,21);1H. The Hall–Kier alpha value is -1.60. The van der Waals surface area contributed by atoms with Crippen molar-refractivity contribution < 1.29 is 23.0 Å². The second-order valence-electron chi connectivity index (χ2n) is 6.02. The van der Waals surface area contributed by atoms with Crippen molar-refractivity contribution in [2.45, 2.75) is 50.4 Å². The zero-order valence-electron chi connectivity index (χ0n) is 13.3. The number of fused-ring (bicyclic) bond motifs is 2. The van der Waals surface area contributed by atoms with Crippen molar-refractivity contribution >= 4 is 18.3 Å². The second kappa shape index (κ2) is 7.98. The van der Waals surface area contributed by atoms with E-state index in [1.807, 2.05) is 0 Å². The average molecular weight is 363 g/mol. The molecule has 2 bridgehead atoms. The van der Waals surface area contributed by atoms with Crippen LogP contribution in [0.15, 0.2) is 18.2 Å². The third kappa shape index (κ3) is 4.27. The molecule has 2 aliphatic heterocycles. The highest BCUT2D eigenvalue weighted by Gasteiger charge is 2.34. The number of nitrogens with one attached hydrogen (secondary N) is 2. The third-order valence-corrected chi connectivity index (χ3v) is 4.45. The Kier molecular flexibility index (Phi) is 6.23. The molecule has 2 atom stereocenters. The normalized spacial score (nSPS) is 25.1. The summed E-state index contributed by atoms with van der Waals surface area (Å²) in [5.41, 5.74) is 0.370. The number of carbonyl (C=O) groups is 1. The van der Waals surface area contributed by atoms with Gasteiger partial charge in [-0.05, 0) is 43.9 Å². The lowest BCUT2D eigenvalue weighted by molar-refractivity contribution is -0.0512. The van der Waals surface area contributed by atoms with E-state index in [0.29, 0.717) is 17.6 Å². The minimum Gasteiger partial charge on any atom is -0.493 e. The van der Waals surface area contributed by atoms with Crippen LogP contribution >= 0.6 is 12.4 Å². The zero-order valence-corrected chi connectivity index (χ0v) is 14.1. The first-order chi connectivity index (χ1) is 11.0. The third-order valence-electron chi connectivity index (χ3n) is 4.45. The van der Waals surface area contributed by atoms with Gasteiger partial charge in [0.2, 0.25) is 0 Å². The molecule has 0 radical (unpaired) electrons. The van der Waals surface area contributed by atoms with Gasteiger partial charge in [0.05, 0.1) is 7.11 Å². The number of carbonyl (C=O) groups excluding carboxylic acids is 1. The maximum Gasteiger partial charge on any atom is 0.387 e. The van der Waals surface area contributed by atoms with E-state index in [-0.39, 0.29) is 35.9 Å². The summed E-state index contributed by atoms with van der Waals surface area (Å²) >= 11 is 0. The van der Waals surface area contributed by atoms with Crippen LogP contribution in [-0.4, -0.2) is 37.8 Å². The highest BCUT2D eigenvalue weighted by atomic mass is 35.5. The van der Waals surface area contributed by atoms with Gasteiger partial charge in [0, 0.05) is 23.7 Å². The molecule has 134 valence electrons. The van der Waals surface area contributed by atoms with E-state index in [0.717, 1.165) is 25.7 Å². The van der Waals surface area contributed by atoms with Crippen molar-refractivity contribution in [3.8, 4) is 11.5 Å². The van der Waals surface area contributed by atoms with Crippen LogP contribution in [0.25, 0.3) is 0 Å². The van der Waals surface area contributed by atoms with E-state index >= 15 is 0 Å². The Morgan fingerprint density at radius 3 is 2.50 bits per heavy atom. The number of hydrogen-bond donors (Lipinski definition) is 2. The van der Waals surface area contributed by atoms with Crippen molar-refractivity contribution in [3.63, 3.8) is 0 Å². The molecule has 0 aliphatic carbocycles. The lowest BCUT2D eigenvalue weighted by atomic mass is 9.99. The van der Waals surface area contributed by atoms with Gasteiger partial charge in [0.1, 0.15) is 0 Å². The quantitative estimate of drug-likeness (QED) is 0.845. The van der Waals surface area contributed by atoms with Gasteiger partial charge in [-0.15, -0.1) is 12.4 Å². The van der Waals surface area contributed by atoms with Crippen LogP contribution in [0.5, 0.6) is 11.5 Å². The van der Waals surface area contributed by atoms with E-state index in [2.05, 4.69) is 15.4 Å². The molecule has 24 heavy (non-hydrogen) atoms. The fourth-order valence-corrected chi connectivity index (χ4v) is 3.45. The molecule has 0 aromatic heterocycles. The monoisotopic (exact) mass is 362 g/mol. The average Bonchev–Trinajstić information content (AvgIpc) is 2.85. The Balaban J connectivity index is 0.00000208. The van der Waals surface area contributed by atoms with Crippen LogP contribution < -0.4 is 20.1 Å². The van der Waals surface area contributed by atoms with Gasteiger partial charge in [-0.3, -0.25) is 4.79 Å². The highest BCUT2D eigenvalue weighted by molar-refractivity contribution is 5.95. The summed E-state index contributed by atoms with van der Waals surface area (Å²) in [4.78, 5) is 12.4. The molecule has 2 fully saturated rings. The van der Waals surface area contributed by atoms with Crippen molar-refractivity contribution in [3.05, 3.63) is 23.8 Å². The largest absolute Gasteiger partial charge is 0.493 e. The Morgan fingerprint density at radius 2 is 1.92 bits per heavy atom. The molecule has 2 N–H and O–H groups in total. The van der Waals surface area contributed by atoms with Crippen molar-refractivity contribution in [1.29, 1.82) is 0 Å². The number of piperidine rings is 1. The molecule has 3 rings (SSSR count). The second-order valence-corrected chi connectivity index (χ2v) is 6.02. The Labute approximate surface area is 145 Å². The molecule has 5 nitrogen and oxygen atoms in total. The number of benzene rings is 1. The molecule has 8 heteroatoms. The Bertz CT molecular complexity index is 576. The van der Waals surface area contributed by atoms with Crippen LogP contribution in [0.4, 0.5) is 8.78 Å². The van der Waals surface area contributed by atoms with Gasteiger partial charge < -0.3 is 20.1 Å². The SMILES string of the molecule is COc1cc(C(=O)NC2CC3CCC(C2)N3)ccc1OC(F)F.Cl. The van der Waals surface area contributed by atoms with Crippen molar-refractivity contribution in [1.82, 2.24) is 10.6 Å². The van der Waals surface area contributed by atoms with Gasteiger partial charge >= 0.3 is 6.61 Å². The number of ether oxygens (including phenoxy) is 2. The summed E-state index contributed by atoms with van der Waals surface area (Å²) < 4.78 is 34.0. The fraction of sp³-hybridized carbons (Fsp3) is 0.562. The minimum absolute atomic E-state index is 0. The van der Waals surface area contributed by atoms with Gasteiger partial charge in [-0.25, -0.2) is 0 Å². The van der Waals surface area contributed by atoms with Crippen LogP contribution in [0, 0.1) is 0 Å². The summed E-state index contributed by atoms with van der Waals surface area (Å²) in [7, 11) is 1.35. The number of halogens is 3. The van der Waals surface area contributed by atoms with Crippen LogP contribution in [-0.2, 0) is 0 Å². The molecule has 1 aromatic carbocycles. The maximum absolute atomic E-state index is 12.4. The van der Waals surface area contributed by atoms with Crippen LogP contribution in [0.1, 0.15) is 36.0 Å². The summed E-state index contributed by atoms with van der Waals surface area (Å²) in [6.45, 7) is -2.94. The first kappa shape index (κ1) is 18.7. The molecule has 2 heterocycles. The smallest absolute Gasteiger partial charge is 0.387 e. The molecular formula is C16H21ClF2N2O3. The van der Waals surface area contributed by atoms with Crippen molar-refractivity contribution in [2.24, 2.45) is 0 Å². The Morgan fingerprint density at radius 1 is 1.25 bits per heavy atom. The molecule has 2 unspecified atom stereocenters. The maximum atomic E-state index is 12.4. The van der Waals surface area contributed by atoms with Crippen LogP contribution in [0.2, 0.25) is 0 Å². The fourth-order valence-electron chi connectivity index (χ4n) is 3.45. The van der Waals surface area contributed by atoms with Crippen molar-refractivity contribution in [2.75, 3.05) is 7.11 Å². The first-order valence-corrected chi connectivity index (χ1v) is 7.75. The lowest BCUT2D eigenvalue weighted by Gasteiger charge is -2.29. The first-order valence-electron chi connectivity index (χ1n) is 7.75. The van der Waals surface area contributed by atoms with Crippen LogP contribution in [0.3, 0.4) is 0 Å².